The smallest absolute Gasteiger partial charge is 0.416 e. The van der Waals surface area contributed by atoms with Crippen LogP contribution in [0.4, 0.5) is 35.1 Å². The Hall–Kier alpha value is -3.88. The Morgan fingerprint density at radius 3 is 1.19 bits per heavy atom. The largest absolute Gasteiger partial charge is 0.451 e. The van der Waals surface area contributed by atoms with Gasteiger partial charge in [0.15, 0.2) is 23.1 Å². The fourth-order valence-electron chi connectivity index (χ4n) is 3.79. The van der Waals surface area contributed by atoms with Crippen molar-refractivity contribution in [1.29, 1.82) is 0 Å². The minimum absolute atomic E-state index is 0.253. The molecule has 9 heteroatoms. The predicted octanol–water partition coefficient (Wildman–Crippen LogP) is 8.98. The summed E-state index contributed by atoms with van der Waals surface area (Å²) in [7, 11) is 0. The Morgan fingerprint density at radius 2 is 0.865 bits per heavy atom. The van der Waals surface area contributed by atoms with Gasteiger partial charge in [-0.15, -0.1) is 0 Å². The minimum atomic E-state index is -4.91. The lowest BCUT2D eigenvalue weighted by molar-refractivity contribution is -0.138. The van der Waals surface area contributed by atoms with E-state index < -0.39 is 57.7 Å². The number of halogens is 8. The maximum atomic E-state index is 15.3. The fraction of sp³-hybridized carbons (Fsp3) is 0.143. The van der Waals surface area contributed by atoms with Crippen LogP contribution in [0.25, 0.3) is 0 Å². The van der Waals surface area contributed by atoms with Gasteiger partial charge in [0.25, 0.3) is 0 Å². The Bertz CT molecular complexity index is 1270. The van der Waals surface area contributed by atoms with E-state index in [2.05, 4.69) is 0 Å². The standard InChI is InChI=1S/C28H18F8O/c29-25-19(11-17-7-3-1-4-8-17)13-21(27(31,32)33)15-23(25)37-24-16-22(28(34,35)36)14-20(26(24)30)12-18-9-5-2-6-10-18/h1-10,13-16H,11-12H2. The van der Waals surface area contributed by atoms with Crippen molar-refractivity contribution >= 4 is 0 Å². The van der Waals surface area contributed by atoms with Crippen molar-refractivity contribution in [2.45, 2.75) is 25.2 Å². The van der Waals surface area contributed by atoms with Crippen LogP contribution in [-0.2, 0) is 25.2 Å². The van der Waals surface area contributed by atoms with Crippen molar-refractivity contribution in [3.05, 3.63) is 130 Å². The molecule has 37 heavy (non-hydrogen) atoms. The molecule has 0 fully saturated rings. The highest BCUT2D eigenvalue weighted by Crippen LogP contribution is 2.40. The molecule has 0 saturated carbocycles. The first-order chi connectivity index (χ1) is 17.4. The molecule has 0 bridgehead atoms. The van der Waals surface area contributed by atoms with Gasteiger partial charge in [-0.2, -0.15) is 26.3 Å². The van der Waals surface area contributed by atoms with Gasteiger partial charge < -0.3 is 4.74 Å². The summed E-state index contributed by atoms with van der Waals surface area (Å²) in [6, 6.07) is 17.9. The number of alkyl halides is 6. The lowest BCUT2D eigenvalue weighted by Gasteiger charge is -2.17. The molecule has 4 rings (SSSR count). The molecular formula is C28H18F8O. The van der Waals surface area contributed by atoms with E-state index in [1.807, 2.05) is 0 Å². The van der Waals surface area contributed by atoms with Crippen LogP contribution in [0.2, 0.25) is 0 Å². The summed E-state index contributed by atoms with van der Waals surface area (Å²) in [6.07, 6.45) is -10.3. The third kappa shape index (κ3) is 6.28. The van der Waals surface area contributed by atoms with Crippen molar-refractivity contribution < 1.29 is 39.9 Å². The molecule has 0 amide bonds. The van der Waals surface area contributed by atoms with Crippen LogP contribution in [0.3, 0.4) is 0 Å². The topological polar surface area (TPSA) is 9.23 Å². The summed E-state index contributed by atoms with van der Waals surface area (Å²) < 4.78 is 117. The van der Waals surface area contributed by atoms with Crippen molar-refractivity contribution in [1.82, 2.24) is 0 Å². The van der Waals surface area contributed by atoms with Gasteiger partial charge in [0.2, 0.25) is 0 Å². The van der Waals surface area contributed by atoms with Crippen LogP contribution in [0.5, 0.6) is 11.5 Å². The molecule has 192 valence electrons. The summed E-state index contributed by atoms with van der Waals surface area (Å²) in [5, 5.41) is 0. The Labute approximate surface area is 207 Å². The van der Waals surface area contributed by atoms with E-state index in [1.165, 1.54) is 0 Å². The third-order valence-corrected chi connectivity index (χ3v) is 5.58. The van der Waals surface area contributed by atoms with Gasteiger partial charge in [0.1, 0.15) is 0 Å². The van der Waals surface area contributed by atoms with E-state index >= 15 is 8.78 Å². The molecular weight excluding hydrogens is 504 g/mol. The van der Waals surface area contributed by atoms with Crippen LogP contribution in [0.1, 0.15) is 33.4 Å². The summed E-state index contributed by atoms with van der Waals surface area (Å²) >= 11 is 0. The van der Waals surface area contributed by atoms with E-state index in [0.717, 1.165) is 0 Å². The Kier molecular flexibility index (Phi) is 7.25. The first-order valence-electron chi connectivity index (χ1n) is 11.0. The molecule has 0 aromatic heterocycles. The summed E-state index contributed by atoms with van der Waals surface area (Å²) in [5.41, 5.74) is -2.41. The highest BCUT2D eigenvalue weighted by atomic mass is 19.4. The highest BCUT2D eigenvalue weighted by molar-refractivity contribution is 5.46. The van der Waals surface area contributed by atoms with E-state index in [-0.39, 0.29) is 12.8 Å². The van der Waals surface area contributed by atoms with E-state index in [1.54, 1.807) is 60.7 Å². The van der Waals surface area contributed by atoms with Gasteiger partial charge in [0, 0.05) is 12.8 Å². The summed E-state index contributed by atoms with van der Waals surface area (Å²) in [4.78, 5) is 0. The monoisotopic (exact) mass is 522 g/mol. The van der Waals surface area contributed by atoms with Gasteiger partial charge in [0.05, 0.1) is 11.1 Å². The SMILES string of the molecule is Fc1c(Cc2ccccc2)cc(C(F)(F)F)cc1Oc1cc(C(F)(F)F)cc(Cc2ccccc2)c1F. The maximum absolute atomic E-state index is 15.3. The molecule has 0 saturated heterocycles. The second-order valence-corrected chi connectivity index (χ2v) is 8.32. The zero-order chi connectivity index (χ0) is 26.8. The van der Waals surface area contributed by atoms with Crippen LogP contribution >= 0.6 is 0 Å². The van der Waals surface area contributed by atoms with E-state index in [0.29, 0.717) is 35.4 Å². The minimum Gasteiger partial charge on any atom is -0.451 e. The average molecular weight is 522 g/mol. The number of hydrogen-bond donors (Lipinski definition) is 0. The molecule has 1 nitrogen and oxygen atoms in total. The van der Waals surface area contributed by atoms with Gasteiger partial charge in [-0.25, -0.2) is 8.78 Å². The maximum Gasteiger partial charge on any atom is 0.416 e. The lowest BCUT2D eigenvalue weighted by atomic mass is 10.0. The fourth-order valence-corrected chi connectivity index (χ4v) is 3.79. The van der Waals surface area contributed by atoms with Crippen molar-refractivity contribution in [3.8, 4) is 11.5 Å². The van der Waals surface area contributed by atoms with Gasteiger partial charge >= 0.3 is 12.4 Å². The first kappa shape index (κ1) is 26.2. The van der Waals surface area contributed by atoms with Crippen molar-refractivity contribution in [2.75, 3.05) is 0 Å². The first-order valence-corrected chi connectivity index (χ1v) is 11.0. The van der Waals surface area contributed by atoms with Crippen LogP contribution in [0.15, 0.2) is 84.9 Å². The Balaban J connectivity index is 1.81. The molecule has 0 spiro atoms. The zero-order valence-corrected chi connectivity index (χ0v) is 18.9. The average Bonchev–Trinajstić information content (AvgIpc) is 2.83. The zero-order valence-electron chi connectivity index (χ0n) is 18.9. The number of ether oxygens (including phenoxy) is 1. The second kappa shape index (κ2) is 10.2. The molecule has 0 aliphatic carbocycles. The van der Waals surface area contributed by atoms with Gasteiger partial charge in [-0.1, -0.05) is 60.7 Å². The van der Waals surface area contributed by atoms with Crippen molar-refractivity contribution in [3.63, 3.8) is 0 Å². The summed E-state index contributed by atoms with van der Waals surface area (Å²) in [6.45, 7) is 0. The molecule has 0 aliphatic rings. The molecule has 0 aliphatic heterocycles. The third-order valence-electron chi connectivity index (χ3n) is 5.58. The van der Waals surface area contributed by atoms with Crippen molar-refractivity contribution in [2.24, 2.45) is 0 Å². The number of hydrogen-bond acceptors (Lipinski definition) is 1. The van der Waals surface area contributed by atoms with Gasteiger partial charge in [-0.05, 0) is 46.5 Å². The lowest BCUT2D eigenvalue weighted by Crippen LogP contribution is -2.10. The van der Waals surface area contributed by atoms with E-state index in [9.17, 15) is 26.3 Å². The molecule has 0 radical (unpaired) electrons. The molecule has 0 N–H and O–H groups in total. The molecule has 4 aromatic carbocycles. The molecule has 0 atom stereocenters. The normalized spacial score (nSPS) is 12.0. The molecule has 0 heterocycles. The highest BCUT2D eigenvalue weighted by Gasteiger charge is 2.35. The van der Waals surface area contributed by atoms with Gasteiger partial charge in [-0.3, -0.25) is 0 Å². The molecule has 4 aromatic rings. The predicted molar refractivity (Wildman–Crippen MR) is 121 cm³/mol. The summed E-state index contributed by atoms with van der Waals surface area (Å²) in [5.74, 6) is -4.55. The second-order valence-electron chi connectivity index (χ2n) is 8.32. The number of benzene rings is 4. The molecule has 0 unspecified atom stereocenters. The Morgan fingerprint density at radius 1 is 0.514 bits per heavy atom. The van der Waals surface area contributed by atoms with Crippen LogP contribution in [-0.4, -0.2) is 0 Å². The quantitative estimate of drug-likeness (QED) is 0.230. The van der Waals surface area contributed by atoms with Crippen LogP contribution < -0.4 is 4.74 Å². The van der Waals surface area contributed by atoms with Crippen LogP contribution in [0, 0.1) is 11.6 Å². The number of rotatable bonds is 6. The van der Waals surface area contributed by atoms with E-state index in [4.69, 9.17) is 4.74 Å².